The van der Waals surface area contributed by atoms with Crippen LogP contribution in [0.25, 0.3) is 0 Å². The number of halogens is 1. The number of aliphatic carboxylic acids is 1. The van der Waals surface area contributed by atoms with Gasteiger partial charge in [0, 0.05) is 12.4 Å². The molecule has 0 saturated carbocycles. The second-order valence-electron chi connectivity index (χ2n) is 3.33. The van der Waals surface area contributed by atoms with E-state index in [9.17, 15) is 19.5 Å². The molecule has 0 unspecified atom stereocenters. The van der Waals surface area contributed by atoms with E-state index >= 15 is 0 Å². The summed E-state index contributed by atoms with van der Waals surface area (Å²) in [5.74, 6) is -2.27. The summed E-state index contributed by atoms with van der Waals surface area (Å²) >= 11 is 3.03. The van der Waals surface area contributed by atoms with Crippen LogP contribution in [-0.4, -0.2) is 17.8 Å². The first-order valence-electron chi connectivity index (χ1n) is 5.03. The molecule has 0 saturated heterocycles. The van der Waals surface area contributed by atoms with Gasteiger partial charge in [0.05, 0.1) is 0 Å². The number of carbonyl (C=O) groups excluding carboxylic acids is 3. The number of amides is 2. The summed E-state index contributed by atoms with van der Waals surface area (Å²) in [6.45, 7) is 0. The van der Waals surface area contributed by atoms with Crippen molar-refractivity contribution in [1.82, 2.24) is 10.9 Å². The number of hydrogen-bond donors (Lipinski definition) is 2. The van der Waals surface area contributed by atoms with Gasteiger partial charge in [0.1, 0.15) is 0 Å². The van der Waals surface area contributed by atoms with Crippen LogP contribution in [0.1, 0.15) is 29.8 Å². The highest BCUT2D eigenvalue weighted by Crippen LogP contribution is 2.13. The van der Waals surface area contributed by atoms with Gasteiger partial charge in [0.25, 0.3) is 0 Å². The number of hydrazine groups is 1. The molecule has 1 aromatic rings. The minimum absolute atomic E-state index is 0.0177. The Balaban J connectivity index is 2.26. The van der Waals surface area contributed by atoms with Crippen LogP contribution in [0, 0.1) is 0 Å². The fraction of sp³-hybridized carbons (Fsp3) is 0.300. The molecular formula is C10H10BrN2O5-. The topological polar surface area (TPSA) is 111 Å². The summed E-state index contributed by atoms with van der Waals surface area (Å²) in [4.78, 5) is 32.7. The fourth-order valence-corrected chi connectivity index (χ4v) is 1.39. The van der Waals surface area contributed by atoms with Crippen molar-refractivity contribution >= 4 is 33.7 Å². The number of carboxylic acid groups (broad SMARTS) is 1. The van der Waals surface area contributed by atoms with Gasteiger partial charge in [-0.2, -0.15) is 0 Å². The molecule has 98 valence electrons. The molecule has 1 aromatic heterocycles. The lowest BCUT2D eigenvalue weighted by Crippen LogP contribution is -2.41. The van der Waals surface area contributed by atoms with Crippen molar-refractivity contribution in [3.8, 4) is 0 Å². The van der Waals surface area contributed by atoms with Gasteiger partial charge in [-0.05, 0) is 40.9 Å². The third kappa shape index (κ3) is 5.00. The standard InChI is InChI=1S/C10H11BrN2O5/c11-7-5-4-6(18-7)10(17)13-12-8(14)2-1-3-9(15)16/h4-5H,1-3H2,(H,12,14)(H,13,17)(H,15,16)/p-1. The van der Waals surface area contributed by atoms with E-state index in [1.165, 1.54) is 12.1 Å². The third-order valence-electron chi connectivity index (χ3n) is 1.90. The fourth-order valence-electron chi connectivity index (χ4n) is 1.08. The van der Waals surface area contributed by atoms with Crippen LogP contribution >= 0.6 is 15.9 Å². The van der Waals surface area contributed by atoms with Crippen LogP contribution in [0.5, 0.6) is 0 Å². The molecule has 18 heavy (non-hydrogen) atoms. The maximum atomic E-state index is 11.4. The van der Waals surface area contributed by atoms with E-state index in [4.69, 9.17) is 4.42 Å². The Morgan fingerprint density at radius 2 is 1.94 bits per heavy atom. The average Bonchev–Trinajstić information content (AvgIpc) is 2.72. The Labute approximate surface area is 111 Å². The third-order valence-corrected chi connectivity index (χ3v) is 2.32. The van der Waals surface area contributed by atoms with E-state index in [0.29, 0.717) is 4.67 Å². The van der Waals surface area contributed by atoms with Gasteiger partial charge in [-0.1, -0.05) is 0 Å². The molecule has 0 aromatic carbocycles. The molecular weight excluding hydrogens is 308 g/mol. The Kier molecular flexibility index (Phi) is 5.37. The SMILES string of the molecule is O=C([O-])CCCC(=O)NNC(=O)c1ccc(Br)o1. The van der Waals surface area contributed by atoms with Crippen LogP contribution in [0.4, 0.5) is 0 Å². The predicted molar refractivity (Wildman–Crippen MR) is 60.9 cm³/mol. The van der Waals surface area contributed by atoms with Crippen LogP contribution in [-0.2, 0) is 9.59 Å². The van der Waals surface area contributed by atoms with E-state index in [1.807, 2.05) is 0 Å². The molecule has 0 aliphatic heterocycles. The first-order valence-corrected chi connectivity index (χ1v) is 5.82. The van der Waals surface area contributed by atoms with Gasteiger partial charge in [-0.25, -0.2) is 0 Å². The van der Waals surface area contributed by atoms with E-state index in [1.54, 1.807) is 0 Å². The van der Waals surface area contributed by atoms with E-state index in [0.717, 1.165) is 0 Å². The van der Waals surface area contributed by atoms with Crippen molar-refractivity contribution in [3.63, 3.8) is 0 Å². The maximum Gasteiger partial charge on any atom is 0.305 e. The van der Waals surface area contributed by atoms with Gasteiger partial charge in [-0.15, -0.1) is 0 Å². The maximum absolute atomic E-state index is 11.4. The van der Waals surface area contributed by atoms with Crippen molar-refractivity contribution in [1.29, 1.82) is 0 Å². The van der Waals surface area contributed by atoms with Crippen LogP contribution in [0.2, 0.25) is 0 Å². The van der Waals surface area contributed by atoms with Gasteiger partial charge in [0.2, 0.25) is 5.91 Å². The highest BCUT2D eigenvalue weighted by atomic mass is 79.9. The van der Waals surface area contributed by atoms with Crippen molar-refractivity contribution in [2.75, 3.05) is 0 Å². The summed E-state index contributed by atoms with van der Waals surface area (Å²) in [7, 11) is 0. The second kappa shape index (κ2) is 6.80. The van der Waals surface area contributed by atoms with Crippen LogP contribution < -0.4 is 16.0 Å². The highest BCUT2D eigenvalue weighted by molar-refractivity contribution is 9.10. The number of nitrogens with one attached hydrogen (secondary N) is 2. The Morgan fingerprint density at radius 3 is 2.50 bits per heavy atom. The van der Waals surface area contributed by atoms with E-state index < -0.39 is 17.8 Å². The molecule has 0 spiro atoms. The number of furan rings is 1. The molecule has 0 bridgehead atoms. The number of carbonyl (C=O) groups is 3. The van der Waals surface area contributed by atoms with Crippen molar-refractivity contribution < 1.29 is 23.9 Å². The normalized spacial score (nSPS) is 9.83. The smallest absolute Gasteiger partial charge is 0.305 e. The first kappa shape index (κ1) is 14.2. The zero-order valence-corrected chi connectivity index (χ0v) is 10.8. The molecule has 2 N–H and O–H groups in total. The largest absolute Gasteiger partial charge is 0.550 e. The molecule has 2 amide bonds. The highest BCUT2D eigenvalue weighted by Gasteiger charge is 2.10. The van der Waals surface area contributed by atoms with Crippen molar-refractivity contribution in [3.05, 3.63) is 22.6 Å². The van der Waals surface area contributed by atoms with Crippen LogP contribution in [0.3, 0.4) is 0 Å². The van der Waals surface area contributed by atoms with Gasteiger partial charge < -0.3 is 14.3 Å². The Morgan fingerprint density at radius 1 is 1.22 bits per heavy atom. The minimum Gasteiger partial charge on any atom is -0.550 e. The Hall–Kier alpha value is -1.83. The second-order valence-corrected chi connectivity index (χ2v) is 4.11. The quantitative estimate of drug-likeness (QED) is 0.726. The molecule has 1 rings (SSSR count). The first-order chi connectivity index (χ1) is 8.49. The molecule has 7 nitrogen and oxygen atoms in total. The van der Waals surface area contributed by atoms with E-state index in [2.05, 4.69) is 26.8 Å². The van der Waals surface area contributed by atoms with Crippen molar-refractivity contribution in [2.24, 2.45) is 0 Å². The monoisotopic (exact) mass is 317 g/mol. The Bertz CT molecular complexity index is 457. The van der Waals surface area contributed by atoms with E-state index in [-0.39, 0.29) is 25.0 Å². The summed E-state index contributed by atoms with van der Waals surface area (Å²) < 4.78 is 5.35. The molecule has 0 radical (unpaired) electrons. The lowest BCUT2D eigenvalue weighted by Gasteiger charge is -2.06. The zero-order valence-electron chi connectivity index (χ0n) is 9.20. The summed E-state index contributed by atoms with van der Waals surface area (Å²) in [6.07, 6.45) is -0.0705. The number of rotatable bonds is 5. The van der Waals surface area contributed by atoms with Gasteiger partial charge in [-0.3, -0.25) is 20.4 Å². The molecule has 8 heteroatoms. The molecule has 0 aliphatic rings. The summed E-state index contributed by atoms with van der Waals surface area (Å²) in [5, 5.41) is 10.1. The van der Waals surface area contributed by atoms with Gasteiger partial charge in [0.15, 0.2) is 10.4 Å². The number of hydrogen-bond acceptors (Lipinski definition) is 5. The number of carboxylic acids is 1. The minimum atomic E-state index is -1.22. The molecule has 0 fully saturated rings. The summed E-state index contributed by atoms with van der Waals surface area (Å²) in [6, 6.07) is 2.97. The molecule has 1 heterocycles. The average molecular weight is 318 g/mol. The molecule has 0 atom stereocenters. The lowest BCUT2D eigenvalue weighted by molar-refractivity contribution is -0.305. The summed E-state index contributed by atoms with van der Waals surface area (Å²) in [5.41, 5.74) is 4.27. The molecule has 0 aliphatic carbocycles. The van der Waals surface area contributed by atoms with Crippen LogP contribution in [0.15, 0.2) is 21.2 Å². The lowest BCUT2D eigenvalue weighted by atomic mass is 10.2. The van der Waals surface area contributed by atoms with Gasteiger partial charge >= 0.3 is 5.91 Å². The van der Waals surface area contributed by atoms with Crippen molar-refractivity contribution in [2.45, 2.75) is 19.3 Å². The predicted octanol–water partition coefficient (Wildman–Crippen LogP) is -0.277. The zero-order chi connectivity index (χ0) is 13.5.